The second-order valence-corrected chi connectivity index (χ2v) is 6.42. The fourth-order valence-corrected chi connectivity index (χ4v) is 3.19. The first-order valence-electron chi connectivity index (χ1n) is 7.49. The van der Waals surface area contributed by atoms with Crippen molar-refractivity contribution in [2.24, 2.45) is 0 Å². The van der Waals surface area contributed by atoms with Crippen molar-refractivity contribution in [1.29, 1.82) is 0 Å². The number of aromatic carboxylic acids is 1. The summed E-state index contributed by atoms with van der Waals surface area (Å²) >= 11 is 6.17. The lowest BCUT2D eigenvalue weighted by Gasteiger charge is -2.18. The summed E-state index contributed by atoms with van der Waals surface area (Å²) in [5.74, 6) is -1.24. The molecule has 0 aromatic heterocycles. The lowest BCUT2D eigenvalue weighted by Crippen LogP contribution is -2.26. The molecule has 3 nitrogen and oxygen atoms in total. The first-order chi connectivity index (χ1) is 11.0. The second kappa shape index (κ2) is 6.30. The Labute approximate surface area is 139 Å². The van der Waals surface area contributed by atoms with Crippen LogP contribution >= 0.6 is 11.6 Å². The van der Waals surface area contributed by atoms with Crippen LogP contribution in [0.3, 0.4) is 0 Å². The Bertz CT molecular complexity index is 726. The third-order valence-corrected chi connectivity index (χ3v) is 4.66. The van der Waals surface area contributed by atoms with Gasteiger partial charge in [0.25, 0.3) is 0 Å². The minimum absolute atomic E-state index is 0.00815. The summed E-state index contributed by atoms with van der Waals surface area (Å²) in [6.45, 7) is 1.42. The third kappa shape index (κ3) is 3.54. The molecule has 120 valence electrons. The number of carboxylic acid groups (broad SMARTS) is 1. The average Bonchev–Trinajstić information content (AvgIpc) is 3.28. The monoisotopic (exact) mass is 333 g/mol. The number of carboxylic acids is 1. The molecule has 3 rings (SSSR count). The zero-order chi connectivity index (χ0) is 16.4. The van der Waals surface area contributed by atoms with E-state index < -0.39 is 5.97 Å². The molecular formula is C18H17ClFNO2. The summed E-state index contributed by atoms with van der Waals surface area (Å²) in [7, 11) is 0. The molecule has 1 saturated carbocycles. The highest BCUT2D eigenvalue weighted by Gasteiger charge is 2.45. The SMILES string of the molecule is O=C(O)c1ccc(CNCC2(c3ccc(F)cc3Cl)CC2)cc1. The van der Waals surface area contributed by atoms with Crippen molar-refractivity contribution >= 4 is 17.6 Å². The highest BCUT2D eigenvalue weighted by atomic mass is 35.5. The van der Waals surface area contributed by atoms with Gasteiger partial charge < -0.3 is 10.4 Å². The molecule has 5 heteroatoms. The molecule has 1 fully saturated rings. The van der Waals surface area contributed by atoms with Crippen LogP contribution in [0.5, 0.6) is 0 Å². The van der Waals surface area contributed by atoms with Crippen LogP contribution in [0.4, 0.5) is 4.39 Å². The minimum Gasteiger partial charge on any atom is -0.478 e. The minimum atomic E-state index is -0.924. The molecule has 0 aliphatic heterocycles. The van der Waals surface area contributed by atoms with E-state index in [2.05, 4.69) is 5.32 Å². The molecule has 0 bridgehead atoms. The van der Waals surface area contributed by atoms with Gasteiger partial charge >= 0.3 is 5.97 Å². The van der Waals surface area contributed by atoms with Crippen LogP contribution in [0.2, 0.25) is 5.02 Å². The van der Waals surface area contributed by atoms with Crippen LogP contribution in [0, 0.1) is 5.82 Å². The van der Waals surface area contributed by atoms with Gasteiger partial charge in [-0.2, -0.15) is 0 Å². The van der Waals surface area contributed by atoms with E-state index in [1.54, 1.807) is 30.3 Å². The van der Waals surface area contributed by atoms with Crippen LogP contribution in [-0.4, -0.2) is 17.6 Å². The number of nitrogens with one attached hydrogen (secondary N) is 1. The van der Waals surface area contributed by atoms with Gasteiger partial charge in [0, 0.05) is 23.5 Å². The first-order valence-corrected chi connectivity index (χ1v) is 7.86. The van der Waals surface area contributed by atoms with Crippen LogP contribution in [0.1, 0.15) is 34.3 Å². The number of halogens is 2. The summed E-state index contributed by atoms with van der Waals surface area (Å²) in [6.07, 6.45) is 2.06. The van der Waals surface area contributed by atoms with Gasteiger partial charge in [-0.05, 0) is 48.2 Å². The smallest absolute Gasteiger partial charge is 0.335 e. The van der Waals surface area contributed by atoms with Gasteiger partial charge in [0.1, 0.15) is 5.82 Å². The van der Waals surface area contributed by atoms with Gasteiger partial charge in [-0.1, -0.05) is 29.8 Å². The zero-order valence-electron chi connectivity index (χ0n) is 12.5. The molecule has 0 atom stereocenters. The van der Waals surface area contributed by atoms with Crippen molar-refractivity contribution in [3.8, 4) is 0 Å². The van der Waals surface area contributed by atoms with Gasteiger partial charge in [-0.3, -0.25) is 0 Å². The van der Waals surface area contributed by atoms with Gasteiger partial charge in [0.2, 0.25) is 0 Å². The van der Waals surface area contributed by atoms with E-state index in [9.17, 15) is 9.18 Å². The maximum atomic E-state index is 13.2. The van der Waals surface area contributed by atoms with Crippen molar-refractivity contribution < 1.29 is 14.3 Å². The molecule has 0 amide bonds. The Balaban J connectivity index is 1.61. The Morgan fingerprint density at radius 2 is 1.91 bits per heavy atom. The van der Waals surface area contributed by atoms with Crippen LogP contribution in [0.25, 0.3) is 0 Å². The van der Waals surface area contributed by atoms with Crippen LogP contribution in [-0.2, 0) is 12.0 Å². The largest absolute Gasteiger partial charge is 0.478 e. The Hall–Kier alpha value is -1.91. The number of rotatable bonds is 6. The van der Waals surface area contributed by atoms with E-state index in [0.29, 0.717) is 11.6 Å². The molecule has 0 unspecified atom stereocenters. The van der Waals surface area contributed by atoms with E-state index in [4.69, 9.17) is 16.7 Å². The van der Waals surface area contributed by atoms with Crippen molar-refractivity contribution in [2.75, 3.05) is 6.54 Å². The Kier molecular flexibility index (Phi) is 4.37. The van der Waals surface area contributed by atoms with Crippen molar-refractivity contribution in [3.63, 3.8) is 0 Å². The van der Waals surface area contributed by atoms with E-state index in [1.165, 1.54) is 12.1 Å². The van der Waals surface area contributed by atoms with E-state index in [1.807, 2.05) is 0 Å². The highest BCUT2D eigenvalue weighted by Crippen LogP contribution is 2.50. The summed E-state index contributed by atoms with van der Waals surface area (Å²) < 4.78 is 13.2. The molecule has 23 heavy (non-hydrogen) atoms. The fraction of sp³-hybridized carbons (Fsp3) is 0.278. The normalized spacial score (nSPS) is 15.4. The highest BCUT2D eigenvalue weighted by molar-refractivity contribution is 6.31. The molecular weight excluding hydrogens is 317 g/mol. The molecule has 0 radical (unpaired) electrons. The Morgan fingerprint density at radius 1 is 1.22 bits per heavy atom. The molecule has 2 aromatic carbocycles. The lowest BCUT2D eigenvalue weighted by atomic mass is 9.95. The van der Waals surface area contributed by atoms with Crippen LogP contribution < -0.4 is 5.32 Å². The summed E-state index contributed by atoms with van der Waals surface area (Å²) in [5.41, 5.74) is 2.29. The summed E-state index contributed by atoms with van der Waals surface area (Å²) in [5, 5.41) is 12.8. The first kappa shape index (κ1) is 16.0. The predicted molar refractivity (Wildman–Crippen MR) is 87.4 cm³/mol. The van der Waals surface area contributed by atoms with Gasteiger partial charge in [-0.25, -0.2) is 9.18 Å². The molecule has 1 aliphatic rings. The van der Waals surface area contributed by atoms with E-state index >= 15 is 0 Å². The number of hydrogen-bond donors (Lipinski definition) is 2. The lowest BCUT2D eigenvalue weighted by molar-refractivity contribution is 0.0697. The number of benzene rings is 2. The van der Waals surface area contributed by atoms with Gasteiger partial charge in [-0.15, -0.1) is 0 Å². The average molecular weight is 334 g/mol. The van der Waals surface area contributed by atoms with Gasteiger partial charge in [0.05, 0.1) is 5.56 Å². The van der Waals surface area contributed by atoms with E-state index in [0.717, 1.165) is 30.5 Å². The maximum Gasteiger partial charge on any atom is 0.335 e. The van der Waals surface area contributed by atoms with Crippen molar-refractivity contribution in [2.45, 2.75) is 24.8 Å². The van der Waals surface area contributed by atoms with Crippen LogP contribution in [0.15, 0.2) is 42.5 Å². The molecule has 0 spiro atoms. The third-order valence-electron chi connectivity index (χ3n) is 4.35. The predicted octanol–water partition coefficient (Wildman–Crippen LogP) is 4.00. The Morgan fingerprint density at radius 3 is 2.48 bits per heavy atom. The molecule has 0 heterocycles. The number of hydrogen-bond acceptors (Lipinski definition) is 2. The molecule has 2 aromatic rings. The number of carbonyl (C=O) groups is 1. The van der Waals surface area contributed by atoms with E-state index in [-0.39, 0.29) is 16.8 Å². The zero-order valence-corrected chi connectivity index (χ0v) is 13.2. The molecule has 0 saturated heterocycles. The molecule has 2 N–H and O–H groups in total. The maximum absolute atomic E-state index is 13.2. The molecule has 1 aliphatic carbocycles. The second-order valence-electron chi connectivity index (χ2n) is 6.01. The summed E-state index contributed by atoms with van der Waals surface area (Å²) in [6, 6.07) is 11.4. The van der Waals surface area contributed by atoms with Gasteiger partial charge in [0.15, 0.2) is 0 Å². The topological polar surface area (TPSA) is 49.3 Å². The quantitative estimate of drug-likeness (QED) is 0.840. The summed E-state index contributed by atoms with van der Waals surface area (Å²) in [4.78, 5) is 10.8. The standard InChI is InChI=1S/C18H17ClFNO2/c19-16-9-14(20)5-6-15(16)18(7-8-18)11-21-10-12-1-3-13(4-2-12)17(22)23/h1-6,9,21H,7-8,10-11H2,(H,22,23). The van der Waals surface area contributed by atoms with Crippen molar-refractivity contribution in [1.82, 2.24) is 5.32 Å². The van der Waals surface area contributed by atoms with Crippen molar-refractivity contribution in [3.05, 3.63) is 70.0 Å². The fourth-order valence-electron chi connectivity index (χ4n) is 2.82.